The minimum atomic E-state index is -0.488. The van der Waals surface area contributed by atoms with Crippen LogP contribution < -0.4 is 18.9 Å². The Balaban J connectivity index is 1.69. The van der Waals surface area contributed by atoms with Crippen molar-refractivity contribution in [1.29, 1.82) is 0 Å². The molecule has 35 heavy (non-hydrogen) atoms. The monoisotopic (exact) mass is 613 g/mol. The topological polar surface area (TPSA) is 101 Å². The van der Waals surface area contributed by atoms with E-state index in [0.717, 1.165) is 16.7 Å². The van der Waals surface area contributed by atoms with Gasteiger partial charge in [-0.3, -0.25) is 14.5 Å². The molecule has 9 nitrogen and oxygen atoms in total. The van der Waals surface area contributed by atoms with Gasteiger partial charge in [0.2, 0.25) is 0 Å². The van der Waals surface area contributed by atoms with Crippen LogP contribution in [-0.2, 0) is 14.3 Å². The highest BCUT2D eigenvalue weighted by atomic mass is 127. The molecule has 1 aliphatic rings. The zero-order chi connectivity index (χ0) is 25.4. The Morgan fingerprint density at radius 3 is 2.46 bits per heavy atom. The molecule has 0 saturated carbocycles. The number of rotatable bonds is 11. The highest BCUT2D eigenvalue weighted by molar-refractivity contribution is 14.1. The second-order valence-electron chi connectivity index (χ2n) is 6.96. The van der Waals surface area contributed by atoms with Crippen molar-refractivity contribution in [3.8, 4) is 23.0 Å². The number of hydrogen-bond acceptors (Lipinski definition) is 9. The molecule has 0 atom stereocenters. The van der Waals surface area contributed by atoms with Crippen molar-refractivity contribution >= 4 is 57.5 Å². The van der Waals surface area contributed by atoms with E-state index in [2.05, 4.69) is 22.6 Å². The fourth-order valence-corrected chi connectivity index (χ4v) is 4.77. The van der Waals surface area contributed by atoms with E-state index in [-0.39, 0.29) is 36.5 Å². The summed E-state index contributed by atoms with van der Waals surface area (Å²) in [6, 6.07) is 10.6. The molecule has 0 aliphatic carbocycles. The maximum Gasteiger partial charge on any atom is 0.344 e. The first-order chi connectivity index (χ1) is 16.9. The van der Waals surface area contributed by atoms with Crippen molar-refractivity contribution in [3.63, 3.8) is 0 Å². The Hall–Kier alpha value is -2.93. The minimum Gasteiger partial charge on any atom is -0.493 e. The summed E-state index contributed by atoms with van der Waals surface area (Å²) in [5.74, 6) is 0.985. The number of esters is 1. The van der Waals surface area contributed by atoms with E-state index in [0.29, 0.717) is 32.1 Å². The first kappa shape index (κ1) is 26.7. The van der Waals surface area contributed by atoms with Crippen LogP contribution in [0.4, 0.5) is 4.79 Å². The summed E-state index contributed by atoms with van der Waals surface area (Å²) in [4.78, 5) is 38.4. The normalized spacial score (nSPS) is 14.3. The third-order valence-corrected chi connectivity index (χ3v) is 6.41. The number of carbonyl (C=O) groups excluding carboxylic acids is 3. The fourth-order valence-electron chi connectivity index (χ4n) is 3.13. The lowest BCUT2D eigenvalue weighted by Crippen LogP contribution is -2.32. The Morgan fingerprint density at radius 2 is 1.77 bits per heavy atom. The van der Waals surface area contributed by atoms with Gasteiger partial charge in [0.25, 0.3) is 11.1 Å². The van der Waals surface area contributed by atoms with Crippen molar-refractivity contribution in [2.75, 3.05) is 40.6 Å². The van der Waals surface area contributed by atoms with Crippen LogP contribution in [0.1, 0.15) is 12.5 Å². The van der Waals surface area contributed by atoms with E-state index in [1.54, 1.807) is 44.4 Å². The molecule has 0 N–H and O–H groups in total. The molecule has 11 heteroatoms. The Morgan fingerprint density at radius 1 is 1.06 bits per heavy atom. The van der Waals surface area contributed by atoms with E-state index < -0.39 is 11.9 Å². The number of halogens is 1. The van der Waals surface area contributed by atoms with Gasteiger partial charge >= 0.3 is 5.97 Å². The molecule has 1 heterocycles. The van der Waals surface area contributed by atoms with Crippen molar-refractivity contribution in [3.05, 3.63) is 50.4 Å². The number of benzene rings is 2. The number of thioether (sulfide) groups is 1. The summed E-state index contributed by atoms with van der Waals surface area (Å²) in [5, 5.41) is -0.374. The molecule has 0 radical (unpaired) electrons. The highest BCUT2D eigenvalue weighted by Gasteiger charge is 2.35. The van der Waals surface area contributed by atoms with Crippen LogP contribution in [0.3, 0.4) is 0 Å². The first-order valence-corrected chi connectivity index (χ1v) is 12.4. The standard InChI is InChI=1S/C24H24INO8S/c1-4-32-21(27)14-34-22-16(25)11-15(12-19(22)31-3)13-20-23(28)26(24(29)35-20)9-10-33-18-8-6-5-7-17(18)30-2/h5-8,11-13H,4,9-10,14H2,1-3H3/b20-13-. The summed E-state index contributed by atoms with van der Waals surface area (Å²) in [6.45, 7) is 1.95. The maximum absolute atomic E-state index is 12.9. The molecule has 2 aromatic carbocycles. The summed E-state index contributed by atoms with van der Waals surface area (Å²) in [7, 11) is 3.01. The number of ether oxygens (including phenoxy) is 5. The Bertz CT molecular complexity index is 1140. The van der Waals surface area contributed by atoms with Crippen LogP contribution in [0.15, 0.2) is 41.3 Å². The molecule has 1 aliphatic heterocycles. The van der Waals surface area contributed by atoms with Crippen LogP contribution in [0, 0.1) is 3.57 Å². The maximum atomic E-state index is 12.9. The van der Waals surface area contributed by atoms with Crippen LogP contribution in [0.25, 0.3) is 6.08 Å². The molecule has 2 aromatic rings. The molecule has 1 saturated heterocycles. The molecule has 0 aromatic heterocycles. The van der Waals surface area contributed by atoms with Crippen molar-refractivity contribution in [2.24, 2.45) is 0 Å². The second kappa shape index (κ2) is 12.7. The van der Waals surface area contributed by atoms with Gasteiger partial charge in [-0.25, -0.2) is 4.79 Å². The SMILES string of the molecule is CCOC(=O)COc1c(I)cc(/C=C2\SC(=O)N(CCOc3ccccc3OC)C2=O)cc1OC. The van der Waals surface area contributed by atoms with Gasteiger partial charge in [-0.05, 0) is 77.2 Å². The summed E-state index contributed by atoms with van der Waals surface area (Å²) >= 11 is 2.91. The minimum absolute atomic E-state index is 0.0988. The van der Waals surface area contributed by atoms with Gasteiger partial charge in [-0.2, -0.15) is 0 Å². The molecule has 0 unspecified atom stereocenters. The molecular formula is C24H24INO8S. The van der Waals surface area contributed by atoms with Gasteiger partial charge in [0, 0.05) is 0 Å². The van der Waals surface area contributed by atoms with Crippen LogP contribution in [-0.4, -0.2) is 62.6 Å². The van der Waals surface area contributed by atoms with Gasteiger partial charge < -0.3 is 23.7 Å². The number of para-hydroxylation sites is 2. The van der Waals surface area contributed by atoms with Crippen LogP contribution >= 0.6 is 34.4 Å². The zero-order valence-corrected chi connectivity index (χ0v) is 22.3. The number of carbonyl (C=O) groups is 3. The first-order valence-electron chi connectivity index (χ1n) is 10.5. The largest absolute Gasteiger partial charge is 0.493 e. The number of imide groups is 1. The lowest BCUT2D eigenvalue weighted by atomic mass is 10.2. The lowest BCUT2D eigenvalue weighted by Gasteiger charge is -2.14. The summed E-state index contributed by atoms with van der Waals surface area (Å²) < 4.78 is 27.4. The fraction of sp³-hybridized carbons (Fsp3) is 0.292. The lowest BCUT2D eigenvalue weighted by molar-refractivity contribution is -0.145. The van der Waals surface area contributed by atoms with Gasteiger partial charge in [0.1, 0.15) is 6.61 Å². The van der Waals surface area contributed by atoms with E-state index in [1.807, 2.05) is 12.1 Å². The molecule has 186 valence electrons. The predicted octanol–water partition coefficient (Wildman–Crippen LogP) is 4.37. The highest BCUT2D eigenvalue weighted by Crippen LogP contribution is 2.37. The molecule has 3 rings (SSSR count). The Kier molecular flexibility index (Phi) is 9.66. The van der Waals surface area contributed by atoms with Crippen molar-refractivity contribution in [2.45, 2.75) is 6.92 Å². The van der Waals surface area contributed by atoms with Gasteiger partial charge in [0.15, 0.2) is 29.6 Å². The average molecular weight is 613 g/mol. The summed E-state index contributed by atoms with van der Waals surface area (Å²) in [6.07, 6.45) is 1.62. The van der Waals surface area contributed by atoms with E-state index in [9.17, 15) is 14.4 Å². The third-order valence-electron chi connectivity index (χ3n) is 4.70. The van der Waals surface area contributed by atoms with Crippen LogP contribution in [0.5, 0.6) is 23.0 Å². The van der Waals surface area contributed by atoms with Crippen molar-refractivity contribution < 1.29 is 38.1 Å². The number of hydrogen-bond donors (Lipinski definition) is 0. The molecule has 0 bridgehead atoms. The zero-order valence-electron chi connectivity index (χ0n) is 19.4. The Labute approximate surface area is 220 Å². The van der Waals surface area contributed by atoms with E-state index in [4.69, 9.17) is 23.7 Å². The van der Waals surface area contributed by atoms with E-state index >= 15 is 0 Å². The molecular weight excluding hydrogens is 589 g/mol. The third kappa shape index (κ3) is 6.82. The number of nitrogens with zero attached hydrogens (tertiary/aromatic N) is 1. The molecule has 2 amide bonds. The number of amides is 2. The van der Waals surface area contributed by atoms with E-state index in [1.165, 1.54) is 7.11 Å². The van der Waals surface area contributed by atoms with Gasteiger partial charge in [-0.1, -0.05) is 12.1 Å². The molecule has 0 spiro atoms. The molecule has 1 fully saturated rings. The average Bonchev–Trinajstić information content (AvgIpc) is 3.10. The van der Waals surface area contributed by atoms with Gasteiger partial charge in [-0.15, -0.1) is 0 Å². The number of methoxy groups -OCH3 is 2. The predicted molar refractivity (Wildman–Crippen MR) is 139 cm³/mol. The van der Waals surface area contributed by atoms with Gasteiger partial charge in [0.05, 0.1) is 35.8 Å². The van der Waals surface area contributed by atoms with Crippen LogP contribution in [0.2, 0.25) is 0 Å². The van der Waals surface area contributed by atoms with Crippen molar-refractivity contribution in [1.82, 2.24) is 4.90 Å². The smallest absolute Gasteiger partial charge is 0.344 e. The summed E-state index contributed by atoms with van der Waals surface area (Å²) in [5.41, 5.74) is 0.644. The quantitative estimate of drug-likeness (QED) is 0.208. The second-order valence-corrected chi connectivity index (χ2v) is 9.12.